The highest BCUT2D eigenvalue weighted by Crippen LogP contribution is 2.51. The first-order valence-electron chi connectivity index (χ1n) is 12.5. The molecule has 0 aromatic heterocycles. The number of fused-ring (bicyclic) bond motifs is 2. The van der Waals surface area contributed by atoms with E-state index in [1.165, 1.54) is 22.7 Å². The second kappa shape index (κ2) is 7.74. The molecule has 2 heterocycles. The Kier molecular flexibility index (Phi) is 5.55. The standard InChI is InChI=1S/C31H41N3O/c1-28(2,19-26-30(5,6)21-17-22(32)25(35)18-24(21)33(26)9)15-16-29(3,4)27-31(7,8)20-13-11-12-14-23(20)34(27)10/h11-19H,32H2,1-10H3/p+1/b16-15+,26-19+. The topological polar surface area (TPSA) is 52.5 Å². The smallest absolute Gasteiger partial charge is 0.209 e. The van der Waals surface area contributed by atoms with Gasteiger partial charge < -0.3 is 15.7 Å². The highest BCUT2D eigenvalue weighted by atomic mass is 16.3. The molecule has 0 spiro atoms. The van der Waals surface area contributed by atoms with Crippen molar-refractivity contribution in [2.45, 2.75) is 66.2 Å². The van der Waals surface area contributed by atoms with Crippen molar-refractivity contribution in [1.82, 2.24) is 0 Å². The molecule has 4 rings (SSSR count). The van der Waals surface area contributed by atoms with E-state index < -0.39 is 0 Å². The van der Waals surface area contributed by atoms with Gasteiger partial charge in [0.1, 0.15) is 12.8 Å². The number of nitrogen functional groups attached to an aromatic ring is 1. The van der Waals surface area contributed by atoms with Crippen molar-refractivity contribution in [3.05, 3.63) is 71.5 Å². The number of aromatic hydroxyl groups is 1. The summed E-state index contributed by atoms with van der Waals surface area (Å²) in [6.45, 7) is 18.3. The summed E-state index contributed by atoms with van der Waals surface area (Å²) in [6.07, 6.45) is 7.08. The van der Waals surface area contributed by atoms with Gasteiger partial charge in [0.25, 0.3) is 0 Å². The fourth-order valence-electron chi connectivity index (χ4n) is 6.44. The highest BCUT2D eigenvalue weighted by Gasteiger charge is 2.50. The number of benzene rings is 2. The Morgan fingerprint density at radius 3 is 2.20 bits per heavy atom. The fourth-order valence-corrected chi connectivity index (χ4v) is 6.44. The number of rotatable bonds is 4. The average molecular weight is 473 g/mol. The largest absolute Gasteiger partial charge is 0.506 e. The number of nitrogens with zero attached hydrogens (tertiary/aromatic N) is 2. The van der Waals surface area contributed by atoms with Crippen molar-refractivity contribution in [2.24, 2.45) is 10.8 Å². The molecule has 0 saturated carbocycles. The second-order valence-electron chi connectivity index (χ2n) is 12.6. The molecule has 3 N–H and O–H groups in total. The van der Waals surface area contributed by atoms with Crippen LogP contribution in [0.2, 0.25) is 0 Å². The van der Waals surface area contributed by atoms with Crippen LogP contribution in [0.1, 0.15) is 66.5 Å². The van der Waals surface area contributed by atoms with Gasteiger partial charge in [-0.25, -0.2) is 4.58 Å². The molecule has 0 saturated heterocycles. The molecule has 2 aromatic rings. The van der Waals surface area contributed by atoms with Crippen LogP contribution in [0.25, 0.3) is 0 Å². The quantitative estimate of drug-likeness (QED) is 0.220. The monoisotopic (exact) mass is 472 g/mol. The van der Waals surface area contributed by atoms with E-state index in [2.05, 4.69) is 121 Å². The Hall–Kier alpha value is -3.01. The Morgan fingerprint density at radius 1 is 0.943 bits per heavy atom. The Bertz CT molecular complexity index is 1290. The van der Waals surface area contributed by atoms with Gasteiger partial charge in [0, 0.05) is 47.0 Å². The van der Waals surface area contributed by atoms with Gasteiger partial charge in [0.05, 0.1) is 16.5 Å². The van der Waals surface area contributed by atoms with Gasteiger partial charge in [-0.15, -0.1) is 0 Å². The van der Waals surface area contributed by atoms with Crippen molar-refractivity contribution < 1.29 is 9.68 Å². The zero-order valence-corrected chi connectivity index (χ0v) is 23.1. The first-order valence-corrected chi connectivity index (χ1v) is 12.5. The van der Waals surface area contributed by atoms with E-state index in [4.69, 9.17) is 5.73 Å². The van der Waals surface area contributed by atoms with E-state index in [9.17, 15) is 5.11 Å². The van der Waals surface area contributed by atoms with Gasteiger partial charge in [0.15, 0.2) is 5.71 Å². The number of hydrogen-bond donors (Lipinski definition) is 2. The van der Waals surface area contributed by atoms with Crippen molar-refractivity contribution in [1.29, 1.82) is 0 Å². The number of anilines is 2. The van der Waals surface area contributed by atoms with Crippen LogP contribution in [0.3, 0.4) is 0 Å². The number of phenolic OH excluding ortho intramolecular Hbond substituents is 1. The lowest BCUT2D eigenvalue weighted by Crippen LogP contribution is -2.39. The Balaban J connectivity index is 1.70. The van der Waals surface area contributed by atoms with Crippen LogP contribution in [0.4, 0.5) is 17.1 Å². The summed E-state index contributed by atoms with van der Waals surface area (Å²) in [7, 11) is 4.27. The third kappa shape index (κ3) is 3.87. The highest BCUT2D eigenvalue weighted by molar-refractivity contribution is 6.00. The van der Waals surface area contributed by atoms with E-state index in [0.717, 1.165) is 11.3 Å². The van der Waals surface area contributed by atoms with Crippen molar-refractivity contribution in [2.75, 3.05) is 24.7 Å². The normalized spacial score (nSPS) is 20.2. The molecule has 2 aromatic carbocycles. The van der Waals surface area contributed by atoms with E-state index in [0.29, 0.717) is 5.69 Å². The first-order chi connectivity index (χ1) is 16.0. The minimum absolute atomic E-state index is 0.0426. The van der Waals surface area contributed by atoms with Crippen molar-refractivity contribution in [3.63, 3.8) is 0 Å². The maximum Gasteiger partial charge on any atom is 0.209 e. The third-order valence-electron chi connectivity index (χ3n) is 8.10. The van der Waals surface area contributed by atoms with Crippen LogP contribution in [-0.4, -0.2) is 29.5 Å². The lowest BCUT2D eigenvalue weighted by Gasteiger charge is -2.30. The fraction of sp³-hybridized carbons (Fsp3) is 0.452. The van der Waals surface area contributed by atoms with Gasteiger partial charge in [-0.05, 0) is 39.3 Å². The van der Waals surface area contributed by atoms with Gasteiger partial charge in [-0.3, -0.25) is 0 Å². The summed E-state index contributed by atoms with van der Waals surface area (Å²) < 4.78 is 2.38. The maximum atomic E-state index is 10.2. The van der Waals surface area contributed by atoms with E-state index in [-0.39, 0.29) is 27.4 Å². The van der Waals surface area contributed by atoms with Crippen molar-refractivity contribution in [3.8, 4) is 5.75 Å². The molecule has 35 heavy (non-hydrogen) atoms. The molecule has 0 fully saturated rings. The molecule has 0 bridgehead atoms. The zero-order chi connectivity index (χ0) is 26.1. The summed E-state index contributed by atoms with van der Waals surface area (Å²) in [5, 5.41) is 10.2. The Labute approximate surface area is 211 Å². The minimum Gasteiger partial charge on any atom is -0.506 e. The van der Waals surface area contributed by atoms with Crippen LogP contribution in [0, 0.1) is 10.8 Å². The van der Waals surface area contributed by atoms with E-state index in [1.54, 1.807) is 6.07 Å². The number of hydrogen-bond acceptors (Lipinski definition) is 3. The average Bonchev–Trinajstić information content (AvgIpc) is 3.07. The molecule has 0 unspecified atom stereocenters. The number of likely N-dealkylation sites (N-methyl/N-ethyl adjacent to an activating group) is 1. The van der Waals surface area contributed by atoms with Gasteiger partial charge in [-0.1, -0.05) is 64.1 Å². The van der Waals surface area contributed by atoms with Gasteiger partial charge >= 0.3 is 0 Å². The number of nitrogens with two attached hydrogens (primary N) is 1. The van der Waals surface area contributed by atoms with Crippen LogP contribution in [0.15, 0.2) is 60.3 Å². The lowest BCUT2D eigenvalue weighted by molar-refractivity contribution is -0.406. The summed E-state index contributed by atoms with van der Waals surface area (Å²) in [4.78, 5) is 2.19. The lowest BCUT2D eigenvalue weighted by atomic mass is 9.70. The zero-order valence-electron chi connectivity index (χ0n) is 23.1. The maximum absolute atomic E-state index is 10.2. The van der Waals surface area contributed by atoms with E-state index >= 15 is 0 Å². The molecule has 4 nitrogen and oxygen atoms in total. The molecule has 186 valence electrons. The molecule has 0 aliphatic carbocycles. The van der Waals surface area contributed by atoms with Gasteiger partial charge in [-0.2, -0.15) is 0 Å². The molecule has 4 heteroatoms. The summed E-state index contributed by atoms with van der Waals surface area (Å²) >= 11 is 0. The van der Waals surface area contributed by atoms with Crippen LogP contribution >= 0.6 is 0 Å². The summed E-state index contributed by atoms with van der Waals surface area (Å²) in [5.41, 5.74) is 13.4. The predicted octanol–water partition coefficient (Wildman–Crippen LogP) is 6.90. The van der Waals surface area contributed by atoms with E-state index in [1.807, 2.05) is 6.07 Å². The predicted molar refractivity (Wildman–Crippen MR) is 149 cm³/mol. The third-order valence-corrected chi connectivity index (χ3v) is 8.10. The number of para-hydroxylation sites is 1. The molecule has 2 aliphatic rings. The van der Waals surface area contributed by atoms with Crippen LogP contribution < -0.4 is 10.6 Å². The summed E-state index contributed by atoms with van der Waals surface area (Å²) in [5.74, 6) is 0.134. The molecule has 0 amide bonds. The SMILES string of the molecule is CN1/C(=C/C(C)(C)/C=C/C(C)(C)C2=[N+](C)c3ccccc3C2(C)C)C(C)(C)c2cc(N)c(O)cc21. The molecule has 0 radical (unpaired) electrons. The van der Waals surface area contributed by atoms with Crippen molar-refractivity contribution >= 4 is 22.8 Å². The Morgan fingerprint density at radius 2 is 1.57 bits per heavy atom. The first kappa shape index (κ1) is 25.1. The van der Waals surface area contributed by atoms with Gasteiger partial charge in [0.2, 0.25) is 5.69 Å². The summed E-state index contributed by atoms with van der Waals surface area (Å²) in [6, 6.07) is 12.4. The molecule has 2 aliphatic heterocycles. The molecular weight excluding hydrogens is 430 g/mol. The molecular formula is C31H42N3O+. The van der Waals surface area contributed by atoms with Crippen LogP contribution in [0.5, 0.6) is 5.75 Å². The minimum atomic E-state index is -0.212. The molecule has 0 atom stereocenters. The number of allylic oxidation sites excluding steroid dienone is 4. The number of phenols is 1. The van der Waals surface area contributed by atoms with Crippen LogP contribution in [-0.2, 0) is 10.8 Å². The second-order valence-corrected chi connectivity index (χ2v) is 12.6.